The van der Waals surface area contributed by atoms with Gasteiger partial charge in [-0.15, -0.1) is 0 Å². The largest absolute Gasteiger partial charge is 0.327 e. The lowest BCUT2D eigenvalue weighted by Crippen LogP contribution is -2.47. The fraction of sp³-hybridized carbons (Fsp3) is 0.522. The zero-order valence-corrected chi connectivity index (χ0v) is 17.7. The van der Waals surface area contributed by atoms with Gasteiger partial charge >= 0.3 is 6.03 Å². The lowest BCUT2D eigenvalue weighted by Gasteiger charge is -2.42. The molecule has 160 valence electrons. The van der Waals surface area contributed by atoms with Crippen LogP contribution in [0.5, 0.6) is 0 Å². The summed E-state index contributed by atoms with van der Waals surface area (Å²) in [6.07, 6.45) is 7.96. The van der Waals surface area contributed by atoms with Gasteiger partial charge in [0, 0.05) is 24.4 Å². The van der Waals surface area contributed by atoms with Crippen molar-refractivity contribution in [2.24, 2.45) is 5.41 Å². The van der Waals surface area contributed by atoms with Gasteiger partial charge in [0.15, 0.2) is 0 Å². The van der Waals surface area contributed by atoms with Crippen molar-refractivity contribution in [3.8, 4) is 0 Å². The van der Waals surface area contributed by atoms with Crippen LogP contribution >= 0.6 is 0 Å². The van der Waals surface area contributed by atoms with Crippen molar-refractivity contribution in [3.05, 3.63) is 62.9 Å². The number of nitro groups is 1. The van der Waals surface area contributed by atoms with Gasteiger partial charge in [0.05, 0.1) is 11.0 Å². The molecule has 0 radical (unpaired) electrons. The van der Waals surface area contributed by atoms with E-state index in [1.807, 2.05) is 6.07 Å². The van der Waals surface area contributed by atoms with E-state index in [0.29, 0.717) is 0 Å². The number of nitrogens with zero attached hydrogens (tertiary/aromatic N) is 2. The first-order valence-corrected chi connectivity index (χ1v) is 10.8. The molecule has 1 aliphatic carbocycles. The number of nitro benzene ring substituents is 1. The van der Waals surface area contributed by atoms with Gasteiger partial charge in [0.2, 0.25) is 0 Å². The third-order valence-corrected chi connectivity index (χ3v) is 6.46. The number of carbonyl (C=O) groups is 1. The van der Waals surface area contributed by atoms with E-state index in [1.54, 1.807) is 12.1 Å². The number of nitrogens with one attached hydrogen (secondary N) is 2. The number of hydrogen-bond donors (Lipinski definition) is 2. The molecule has 0 saturated carbocycles. The SMILES string of the molecule is CC1(C)CC(CCN2CCCCC2)=CC2=C1C(c1cccc([N+](=O)[O-])c1)NC(=O)N2. The minimum absolute atomic E-state index is 0.0359. The molecule has 2 amide bonds. The van der Waals surface area contributed by atoms with E-state index in [0.717, 1.165) is 36.2 Å². The maximum absolute atomic E-state index is 12.4. The molecule has 3 aliphatic rings. The van der Waals surface area contributed by atoms with Crippen LogP contribution in [0.1, 0.15) is 57.6 Å². The Labute approximate surface area is 177 Å². The zero-order valence-electron chi connectivity index (χ0n) is 17.7. The number of rotatable bonds is 5. The molecule has 1 unspecified atom stereocenters. The molecule has 1 aromatic carbocycles. The highest BCUT2D eigenvalue weighted by atomic mass is 16.6. The van der Waals surface area contributed by atoms with Gasteiger partial charge < -0.3 is 15.5 Å². The molecular weight excluding hydrogens is 380 g/mol. The molecule has 2 aliphatic heterocycles. The fourth-order valence-electron chi connectivity index (χ4n) is 5.08. The van der Waals surface area contributed by atoms with Crippen LogP contribution < -0.4 is 10.6 Å². The standard InChI is InChI=1S/C23H30N4O3/c1-23(2)15-16(9-12-26-10-4-3-5-11-26)13-19-20(23)21(25-22(28)24-19)17-7-6-8-18(14-17)27(29)30/h6-8,13-14,21H,3-5,9-12,15H2,1-2H3,(H2,24,25,28). The number of urea groups is 1. The molecule has 1 saturated heterocycles. The van der Waals surface area contributed by atoms with Crippen LogP contribution in [0.3, 0.4) is 0 Å². The van der Waals surface area contributed by atoms with Gasteiger partial charge in [-0.05, 0) is 61.4 Å². The number of non-ortho nitro benzene ring substituents is 1. The molecule has 0 spiro atoms. The van der Waals surface area contributed by atoms with Crippen LogP contribution in [0.25, 0.3) is 0 Å². The fourth-order valence-corrected chi connectivity index (χ4v) is 5.08. The number of piperidine rings is 1. The molecule has 1 atom stereocenters. The van der Waals surface area contributed by atoms with Crippen LogP contribution in [-0.4, -0.2) is 35.5 Å². The van der Waals surface area contributed by atoms with E-state index in [9.17, 15) is 14.9 Å². The lowest BCUT2D eigenvalue weighted by molar-refractivity contribution is -0.384. The quantitative estimate of drug-likeness (QED) is 0.555. The second-order valence-electron chi connectivity index (χ2n) is 9.23. The van der Waals surface area contributed by atoms with Crippen LogP contribution in [0.15, 0.2) is 47.2 Å². The molecular formula is C23H30N4O3. The van der Waals surface area contributed by atoms with E-state index >= 15 is 0 Å². The van der Waals surface area contributed by atoms with Crippen molar-refractivity contribution in [3.63, 3.8) is 0 Å². The summed E-state index contributed by atoms with van der Waals surface area (Å²) in [5, 5.41) is 17.2. The predicted octanol–water partition coefficient (Wildman–Crippen LogP) is 4.44. The Hall–Kier alpha value is -2.67. The highest BCUT2D eigenvalue weighted by Gasteiger charge is 2.40. The Balaban J connectivity index is 1.63. The Kier molecular flexibility index (Phi) is 5.64. The summed E-state index contributed by atoms with van der Waals surface area (Å²) in [7, 11) is 0. The van der Waals surface area contributed by atoms with Gasteiger partial charge in [-0.2, -0.15) is 0 Å². The molecule has 0 aromatic heterocycles. The van der Waals surface area contributed by atoms with Gasteiger partial charge in [0.1, 0.15) is 0 Å². The van der Waals surface area contributed by atoms with Crippen molar-refractivity contribution < 1.29 is 9.72 Å². The highest BCUT2D eigenvalue weighted by Crippen LogP contribution is 2.47. The third kappa shape index (κ3) is 4.26. The monoisotopic (exact) mass is 410 g/mol. The minimum atomic E-state index is -0.397. The summed E-state index contributed by atoms with van der Waals surface area (Å²) in [4.78, 5) is 25.8. The minimum Gasteiger partial charge on any atom is -0.327 e. The molecule has 7 heteroatoms. The van der Waals surface area contributed by atoms with Crippen molar-refractivity contribution in [1.29, 1.82) is 0 Å². The molecule has 2 N–H and O–H groups in total. The number of hydrogen-bond acceptors (Lipinski definition) is 4. The smallest absolute Gasteiger partial charge is 0.319 e. The third-order valence-electron chi connectivity index (χ3n) is 6.46. The Morgan fingerprint density at radius 1 is 1.23 bits per heavy atom. The summed E-state index contributed by atoms with van der Waals surface area (Å²) in [6, 6.07) is 5.92. The highest BCUT2D eigenvalue weighted by molar-refractivity contribution is 5.80. The van der Waals surface area contributed by atoms with Gasteiger partial charge in [-0.1, -0.05) is 38.0 Å². The number of benzene rings is 1. The summed E-state index contributed by atoms with van der Waals surface area (Å²) in [5.74, 6) is 0. The summed E-state index contributed by atoms with van der Waals surface area (Å²) in [6.45, 7) is 7.81. The second kappa shape index (κ2) is 8.22. The Bertz CT molecular complexity index is 913. The van der Waals surface area contributed by atoms with E-state index < -0.39 is 4.92 Å². The van der Waals surface area contributed by atoms with Crippen molar-refractivity contribution in [1.82, 2.24) is 15.5 Å². The topological polar surface area (TPSA) is 87.5 Å². The average Bonchev–Trinajstić information content (AvgIpc) is 2.71. The first-order valence-electron chi connectivity index (χ1n) is 10.8. The average molecular weight is 411 g/mol. The van der Waals surface area contributed by atoms with Crippen LogP contribution in [-0.2, 0) is 0 Å². The molecule has 4 rings (SSSR count). The predicted molar refractivity (Wildman–Crippen MR) is 116 cm³/mol. The lowest BCUT2D eigenvalue weighted by atomic mass is 9.69. The van der Waals surface area contributed by atoms with E-state index in [2.05, 4.69) is 35.5 Å². The van der Waals surface area contributed by atoms with E-state index in [-0.39, 0.29) is 23.2 Å². The normalized spacial score (nSPS) is 23.9. The van der Waals surface area contributed by atoms with Crippen LogP contribution in [0.2, 0.25) is 0 Å². The van der Waals surface area contributed by atoms with Crippen LogP contribution in [0, 0.1) is 15.5 Å². The number of carbonyl (C=O) groups excluding carboxylic acids is 1. The van der Waals surface area contributed by atoms with Gasteiger partial charge in [0.25, 0.3) is 5.69 Å². The number of amides is 2. The molecule has 0 bridgehead atoms. The molecule has 30 heavy (non-hydrogen) atoms. The first kappa shape index (κ1) is 20.6. The second-order valence-corrected chi connectivity index (χ2v) is 9.23. The van der Waals surface area contributed by atoms with Gasteiger partial charge in [-0.25, -0.2) is 4.79 Å². The molecule has 1 fully saturated rings. The Morgan fingerprint density at radius 2 is 2.00 bits per heavy atom. The zero-order chi connectivity index (χ0) is 21.3. The van der Waals surface area contributed by atoms with Crippen molar-refractivity contribution in [2.75, 3.05) is 19.6 Å². The summed E-state index contributed by atoms with van der Waals surface area (Å²) >= 11 is 0. The van der Waals surface area contributed by atoms with E-state index in [1.165, 1.54) is 44.0 Å². The maximum atomic E-state index is 12.4. The molecule has 2 heterocycles. The van der Waals surface area contributed by atoms with Crippen molar-refractivity contribution in [2.45, 2.75) is 52.0 Å². The summed E-state index contributed by atoms with van der Waals surface area (Å²) in [5.41, 5.74) is 3.89. The summed E-state index contributed by atoms with van der Waals surface area (Å²) < 4.78 is 0. The molecule has 7 nitrogen and oxygen atoms in total. The first-order chi connectivity index (χ1) is 14.3. The number of allylic oxidation sites excluding steroid dienone is 1. The van der Waals surface area contributed by atoms with Crippen LogP contribution in [0.4, 0.5) is 10.5 Å². The number of likely N-dealkylation sites (tertiary alicyclic amines) is 1. The maximum Gasteiger partial charge on any atom is 0.319 e. The van der Waals surface area contributed by atoms with E-state index in [4.69, 9.17) is 0 Å². The Morgan fingerprint density at radius 3 is 2.73 bits per heavy atom. The van der Waals surface area contributed by atoms with Crippen molar-refractivity contribution >= 4 is 11.7 Å². The molecule has 1 aromatic rings. The van der Waals surface area contributed by atoms with Gasteiger partial charge in [-0.3, -0.25) is 10.1 Å².